The zero-order chi connectivity index (χ0) is 24.3. The first-order valence-electron chi connectivity index (χ1n) is 12.2. The summed E-state index contributed by atoms with van der Waals surface area (Å²) >= 11 is 0. The number of nitrogens with zero attached hydrogens (tertiary/aromatic N) is 1. The van der Waals surface area contributed by atoms with Crippen LogP contribution in [0.5, 0.6) is 0 Å². The minimum Gasteiger partial charge on any atom is -0.373 e. The van der Waals surface area contributed by atoms with Crippen molar-refractivity contribution in [2.75, 3.05) is 13.6 Å². The van der Waals surface area contributed by atoms with Gasteiger partial charge in [0.2, 0.25) is 0 Å². The molecule has 0 amide bonds. The fourth-order valence-electron chi connectivity index (χ4n) is 3.42. The van der Waals surface area contributed by atoms with Gasteiger partial charge in [-0.25, -0.2) is 0 Å². The molecule has 0 saturated carbocycles. The van der Waals surface area contributed by atoms with Gasteiger partial charge in [0.15, 0.2) is 5.78 Å². The van der Waals surface area contributed by atoms with Gasteiger partial charge in [0.25, 0.3) is 0 Å². The number of hydrogen-bond acceptors (Lipinski definition) is 2. The van der Waals surface area contributed by atoms with Gasteiger partial charge in [-0.1, -0.05) is 97.9 Å². The number of carbonyl (C=O) groups excluding carboxylic acids is 1. The molecule has 2 nitrogen and oxygen atoms in total. The minimum absolute atomic E-state index is 0.0580. The molecule has 0 aromatic heterocycles. The van der Waals surface area contributed by atoms with Crippen molar-refractivity contribution in [1.29, 1.82) is 0 Å². The minimum atomic E-state index is 0.0580. The van der Waals surface area contributed by atoms with Crippen LogP contribution in [0.3, 0.4) is 0 Å². The summed E-state index contributed by atoms with van der Waals surface area (Å²) in [5.74, 6) is 0.295. The number of benzene rings is 1. The first-order chi connectivity index (χ1) is 14.7. The van der Waals surface area contributed by atoms with E-state index in [4.69, 9.17) is 0 Å². The number of likely N-dealkylation sites (N-methyl/N-ethyl adjacent to an activating group) is 1. The van der Waals surface area contributed by atoms with Gasteiger partial charge < -0.3 is 4.90 Å². The molecule has 0 aliphatic rings. The summed E-state index contributed by atoms with van der Waals surface area (Å²) in [6.07, 6.45) is 12.0. The van der Waals surface area contributed by atoms with Crippen LogP contribution < -0.4 is 0 Å². The van der Waals surface area contributed by atoms with Crippen LogP contribution in [0.1, 0.15) is 105 Å². The van der Waals surface area contributed by atoms with E-state index in [0.29, 0.717) is 18.7 Å². The normalized spacial score (nSPS) is 11.0. The largest absolute Gasteiger partial charge is 0.373 e. The second-order valence-corrected chi connectivity index (χ2v) is 9.22. The Bertz CT molecular complexity index is 592. The molecule has 2 heteroatoms. The Kier molecular flexibility index (Phi) is 19.1. The Balaban J connectivity index is 0. The Labute approximate surface area is 194 Å². The number of Topliss-reactive ketones (excluding diaryl/α,β-unsaturated/α-hetero) is 1. The summed E-state index contributed by atoms with van der Waals surface area (Å²) in [6, 6.07) is 8.93. The highest BCUT2D eigenvalue weighted by Crippen LogP contribution is 2.20. The number of allylic oxidation sites excluding steroid dienone is 1. The lowest BCUT2D eigenvalue weighted by molar-refractivity contribution is -0.121. The van der Waals surface area contributed by atoms with E-state index in [9.17, 15) is 4.79 Å². The molecule has 1 aromatic rings. The molecule has 178 valence electrons. The van der Waals surface area contributed by atoms with Gasteiger partial charge in [0.05, 0.1) is 6.54 Å². The van der Waals surface area contributed by atoms with Crippen LogP contribution in [-0.4, -0.2) is 24.3 Å². The van der Waals surface area contributed by atoms with Crippen molar-refractivity contribution in [2.24, 2.45) is 5.41 Å². The van der Waals surface area contributed by atoms with Gasteiger partial charge in [-0.3, -0.25) is 4.79 Å². The second kappa shape index (κ2) is 18.9. The van der Waals surface area contributed by atoms with E-state index in [1.807, 2.05) is 25.8 Å². The molecule has 31 heavy (non-hydrogen) atoms. The third kappa shape index (κ3) is 17.5. The number of hydrogen-bond donors (Lipinski definition) is 0. The quantitative estimate of drug-likeness (QED) is 0.244. The maximum absolute atomic E-state index is 12.1. The summed E-state index contributed by atoms with van der Waals surface area (Å²) in [5.41, 5.74) is 3.92. The predicted octanol–water partition coefficient (Wildman–Crippen LogP) is 8.72. The van der Waals surface area contributed by atoms with Gasteiger partial charge in [0.1, 0.15) is 0 Å². The Morgan fingerprint density at radius 3 is 2.00 bits per heavy atom. The zero-order valence-electron chi connectivity index (χ0n) is 22.0. The van der Waals surface area contributed by atoms with Crippen LogP contribution in [0, 0.1) is 5.41 Å². The average molecular weight is 430 g/mol. The smallest absolute Gasteiger partial charge is 0.152 e. The van der Waals surface area contributed by atoms with Crippen LogP contribution in [0.4, 0.5) is 0 Å². The zero-order valence-corrected chi connectivity index (χ0v) is 22.0. The maximum Gasteiger partial charge on any atom is 0.152 e. The van der Waals surface area contributed by atoms with Crippen LogP contribution in [0.2, 0.25) is 0 Å². The molecular weight excluding hydrogens is 378 g/mol. The Morgan fingerprint density at radius 1 is 0.968 bits per heavy atom. The van der Waals surface area contributed by atoms with Gasteiger partial charge in [0, 0.05) is 19.7 Å². The van der Waals surface area contributed by atoms with Crippen molar-refractivity contribution in [3.05, 3.63) is 54.8 Å². The second-order valence-electron chi connectivity index (χ2n) is 9.22. The van der Waals surface area contributed by atoms with E-state index >= 15 is 0 Å². The van der Waals surface area contributed by atoms with E-state index in [1.165, 1.54) is 61.6 Å². The third-order valence-electron chi connectivity index (χ3n) is 4.80. The van der Waals surface area contributed by atoms with E-state index in [-0.39, 0.29) is 5.41 Å². The molecule has 0 aliphatic heterocycles. The van der Waals surface area contributed by atoms with Crippen molar-refractivity contribution < 1.29 is 4.79 Å². The summed E-state index contributed by atoms with van der Waals surface area (Å²) < 4.78 is 0. The lowest BCUT2D eigenvalue weighted by Gasteiger charge is -2.20. The van der Waals surface area contributed by atoms with Gasteiger partial charge >= 0.3 is 0 Å². The van der Waals surface area contributed by atoms with E-state index < -0.39 is 0 Å². The maximum atomic E-state index is 12.1. The first kappa shape index (κ1) is 31.4. The molecule has 0 fully saturated rings. The highest BCUT2D eigenvalue weighted by Gasteiger charge is 2.16. The predicted molar refractivity (Wildman–Crippen MR) is 141 cm³/mol. The number of unbranched alkanes of at least 4 members (excludes halogenated alkanes) is 5. The van der Waals surface area contributed by atoms with Crippen molar-refractivity contribution in [3.8, 4) is 0 Å². The number of aryl methyl sites for hydroxylation is 1. The molecule has 0 saturated heterocycles. The third-order valence-corrected chi connectivity index (χ3v) is 4.80. The van der Waals surface area contributed by atoms with Crippen molar-refractivity contribution in [3.63, 3.8) is 0 Å². The molecule has 0 N–H and O–H groups in total. The molecule has 0 spiro atoms. The first-order valence-corrected chi connectivity index (χ1v) is 12.2. The standard InChI is InChI=1S/C25H41NO.C2H6.C2H4/c1-7-8-9-10-11-12-13-22-14-16-23(17-15-22)21(2)19-26(6)20-24(27)18-25(3,4)5;2*1-2/h14-17,19H,7-13,18,20H2,1-6H3;1-2H3;1-2H2/b21-19+;;. The molecule has 0 unspecified atom stereocenters. The molecule has 1 rings (SSSR count). The fraction of sp³-hybridized carbons (Fsp3) is 0.621. The number of carbonyl (C=O) groups is 1. The monoisotopic (exact) mass is 429 g/mol. The lowest BCUT2D eigenvalue weighted by atomic mass is 9.90. The molecule has 0 bridgehead atoms. The van der Waals surface area contributed by atoms with Crippen molar-refractivity contribution >= 4 is 11.4 Å². The van der Waals surface area contributed by atoms with E-state index in [1.54, 1.807) is 0 Å². The van der Waals surface area contributed by atoms with Crippen molar-refractivity contribution in [2.45, 2.75) is 99.8 Å². The van der Waals surface area contributed by atoms with Crippen molar-refractivity contribution in [1.82, 2.24) is 4.90 Å². The molecular formula is C29H51NO. The van der Waals surface area contributed by atoms with Gasteiger partial charge in [-0.05, 0) is 41.9 Å². The fourth-order valence-corrected chi connectivity index (χ4v) is 3.42. The molecule has 0 radical (unpaired) electrons. The SMILES string of the molecule is C=C.CC.CCCCCCCCc1ccc(/C(C)=C/N(C)CC(=O)CC(C)(C)C)cc1. The van der Waals surface area contributed by atoms with Gasteiger partial charge in [-0.2, -0.15) is 0 Å². The average Bonchev–Trinajstić information content (AvgIpc) is 2.72. The summed E-state index contributed by atoms with van der Waals surface area (Å²) in [6.45, 7) is 21.2. The number of ketones is 1. The number of rotatable bonds is 12. The molecule has 0 heterocycles. The highest BCUT2D eigenvalue weighted by molar-refractivity contribution is 5.81. The van der Waals surface area contributed by atoms with Crippen LogP contribution >= 0.6 is 0 Å². The van der Waals surface area contributed by atoms with Crippen LogP contribution in [0.15, 0.2) is 43.6 Å². The molecule has 1 aromatic carbocycles. The summed E-state index contributed by atoms with van der Waals surface area (Å²) in [4.78, 5) is 14.2. The van der Waals surface area contributed by atoms with Crippen LogP contribution in [0.25, 0.3) is 5.57 Å². The Hall–Kier alpha value is -1.83. The van der Waals surface area contributed by atoms with Crippen LogP contribution in [-0.2, 0) is 11.2 Å². The summed E-state index contributed by atoms with van der Waals surface area (Å²) in [7, 11) is 1.98. The van der Waals surface area contributed by atoms with E-state index in [0.717, 1.165) is 0 Å². The van der Waals surface area contributed by atoms with E-state index in [2.05, 4.69) is 78.2 Å². The summed E-state index contributed by atoms with van der Waals surface area (Å²) in [5, 5.41) is 0. The highest BCUT2D eigenvalue weighted by atomic mass is 16.1. The lowest BCUT2D eigenvalue weighted by Crippen LogP contribution is -2.24. The topological polar surface area (TPSA) is 20.3 Å². The Morgan fingerprint density at radius 2 is 1.48 bits per heavy atom. The molecule has 0 atom stereocenters. The van der Waals surface area contributed by atoms with Gasteiger partial charge in [-0.15, -0.1) is 13.2 Å². The molecule has 0 aliphatic carbocycles.